The van der Waals surface area contributed by atoms with E-state index in [1.54, 1.807) is 0 Å². The van der Waals surface area contributed by atoms with Crippen LogP contribution in [0.2, 0.25) is 5.28 Å². The van der Waals surface area contributed by atoms with Crippen LogP contribution in [0.5, 0.6) is 0 Å². The molecule has 4 heterocycles. The van der Waals surface area contributed by atoms with Gasteiger partial charge in [0.2, 0.25) is 5.28 Å². The third-order valence-electron chi connectivity index (χ3n) is 24.0. The van der Waals surface area contributed by atoms with E-state index in [2.05, 4.69) is 311 Å². The van der Waals surface area contributed by atoms with E-state index < -0.39 is 0 Å². The number of halogens is 2. The van der Waals surface area contributed by atoms with Gasteiger partial charge < -0.3 is 0 Å². The van der Waals surface area contributed by atoms with E-state index in [1.807, 2.05) is 164 Å². The highest BCUT2D eigenvalue weighted by molar-refractivity contribution is 9.10. The van der Waals surface area contributed by atoms with E-state index in [0.717, 1.165) is 143 Å². The third-order valence-corrected chi connectivity index (χ3v) is 24.9. The molecule has 24 aromatic rings. The van der Waals surface area contributed by atoms with Gasteiger partial charge in [-0.15, -0.1) is 0 Å². The van der Waals surface area contributed by atoms with E-state index in [-0.39, 0.29) is 5.28 Å². The van der Waals surface area contributed by atoms with Crippen LogP contribution < -0.4 is 0 Å². The van der Waals surface area contributed by atoms with Crippen LogP contribution in [0, 0.1) is 0 Å². The molecule has 0 saturated heterocycles. The monoisotopic (exact) mass is 1740 g/mol. The SMILES string of the molecule is Brc1ccc(-c2ccc(-c3nc(-c4ccccc4)nc(-c4ccccc4)n3)c3ccccc23)c2ccccc12.Clc1nc(-c2ccccc2)cc(-c2cc3ccccc3c3ccccc23)n1.c1ccc(-c2cc(-c3cc4ccccc4c4ccccc34)nc(-c3ccc(-c4ccc(-c5nc(-c6ccccc6)nc(-c6ccccc6)n5)c5ccccc45)c4ccccc34)n2)cc1. The highest BCUT2D eigenvalue weighted by Crippen LogP contribution is 2.46. The molecule has 0 aliphatic heterocycles. The van der Waals surface area contributed by atoms with Gasteiger partial charge in [-0.25, -0.2) is 49.8 Å². The van der Waals surface area contributed by atoms with Crippen molar-refractivity contribution in [2.45, 2.75) is 0 Å². The maximum atomic E-state index is 6.30. The zero-order chi connectivity index (χ0) is 86.8. The van der Waals surface area contributed by atoms with Gasteiger partial charge in [-0.2, -0.15) is 0 Å². The second-order valence-electron chi connectivity index (χ2n) is 31.8. The maximum Gasteiger partial charge on any atom is 0.223 e. The Balaban J connectivity index is 0.000000127. The van der Waals surface area contributed by atoms with Gasteiger partial charge in [-0.3, -0.25) is 0 Å². The lowest BCUT2D eigenvalue weighted by molar-refractivity contribution is 1.08. The predicted octanol–water partition coefficient (Wildman–Crippen LogP) is 31.3. The molecule has 4 aromatic heterocycles. The van der Waals surface area contributed by atoms with Crippen molar-refractivity contribution in [1.82, 2.24) is 49.8 Å². The summed E-state index contributed by atoms with van der Waals surface area (Å²) >= 11 is 10.0. The van der Waals surface area contributed by atoms with Crippen LogP contribution in [0.25, 0.3) is 233 Å². The van der Waals surface area contributed by atoms with Crippen molar-refractivity contribution in [2.75, 3.05) is 0 Å². The lowest BCUT2D eigenvalue weighted by atomic mass is 9.90. The van der Waals surface area contributed by atoms with E-state index in [0.29, 0.717) is 40.8 Å². The molecule has 0 bridgehead atoms. The Labute approximate surface area is 763 Å². The minimum atomic E-state index is 0.253. The van der Waals surface area contributed by atoms with Crippen molar-refractivity contribution in [3.8, 4) is 147 Å². The Morgan fingerprint density at radius 1 is 0.146 bits per heavy atom. The van der Waals surface area contributed by atoms with Crippen molar-refractivity contribution in [3.05, 3.63) is 459 Å². The fourth-order valence-electron chi connectivity index (χ4n) is 17.8. The molecule has 0 unspecified atom stereocenters. The number of hydrogen-bond acceptors (Lipinski definition) is 10. The summed E-state index contributed by atoms with van der Waals surface area (Å²) in [5.74, 6) is 4.55. The normalized spacial score (nSPS) is 11.3. The molecule has 0 saturated carbocycles. The summed E-state index contributed by atoms with van der Waals surface area (Å²) < 4.78 is 1.09. The van der Waals surface area contributed by atoms with Crippen molar-refractivity contribution in [1.29, 1.82) is 0 Å². The summed E-state index contributed by atoms with van der Waals surface area (Å²) in [6.07, 6.45) is 0. The van der Waals surface area contributed by atoms with Crippen LogP contribution in [0.4, 0.5) is 0 Å². The summed E-state index contributed by atoms with van der Waals surface area (Å²) in [5, 5.41) is 18.8. The summed E-state index contributed by atoms with van der Waals surface area (Å²) in [6.45, 7) is 0. The standard InChI is InChI=1S/C59H37N5.C35H22BrN3.C24H15ClN2/c1-4-18-38(19-5-1)54-37-55(53-36-41-24-10-11-25-42(41)43-26-12-17-31-48(43)53)61-58(60-54)51-34-32-49(44-27-13-15-29-46(44)51)50-33-35-52(47-30-16-14-28-45(47)50)59-63-56(39-20-6-2-7-21-39)62-57(64-59)40-22-8-3-9-23-40;36-32-22-21-29(26-16-9-10-18-30(26)32)28-19-20-31(27-17-8-7-15-25(27)28)35-38-33(23-11-3-1-4-12-23)37-34(39-35)24-13-5-2-6-14-24;25-24-26-22(16-8-2-1-3-9-16)15-23(27-24)21-14-17-10-4-5-11-18(17)19-12-6-7-13-20(19)21/h1-37H;1-22H;1-15H. The fourth-order valence-corrected chi connectivity index (χ4v) is 18.5. The van der Waals surface area contributed by atoms with Gasteiger partial charge in [0.1, 0.15) is 0 Å². The van der Waals surface area contributed by atoms with Crippen molar-refractivity contribution < 1.29 is 0 Å². The van der Waals surface area contributed by atoms with E-state index in [9.17, 15) is 0 Å². The number of rotatable bonds is 13. The van der Waals surface area contributed by atoms with Crippen LogP contribution >= 0.6 is 27.5 Å². The average Bonchev–Trinajstić information content (AvgIpc) is 0.768. The lowest BCUT2D eigenvalue weighted by Crippen LogP contribution is -2.00. The Morgan fingerprint density at radius 3 is 0.708 bits per heavy atom. The molecular weight excluding hydrogens is 1670 g/mol. The molecule has 0 atom stereocenters. The van der Waals surface area contributed by atoms with Crippen LogP contribution in [0.1, 0.15) is 0 Å². The number of hydrogen-bond donors (Lipinski definition) is 0. The second-order valence-corrected chi connectivity index (χ2v) is 33.0. The third kappa shape index (κ3) is 15.6. The molecule has 130 heavy (non-hydrogen) atoms. The van der Waals surface area contributed by atoms with Gasteiger partial charge in [0, 0.05) is 65.7 Å². The molecule has 0 aliphatic rings. The number of fused-ring (bicyclic) bond motifs is 10. The largest absolute Gasteiger partial charge is 0.228 e. The first kappa shape index (κ1) is 79.3. The van der Waals surface area contributed by atoms with Crippen molar-refractivity contribution in [3.63, 3.8) is 0 Å². The zero-order valence-electron chi connectivity index (χ0n) is 70.0. The number of nitrogens with zero attached hydrogens (tertiary/aromatic N) is 10. The predicted molar refractivity (Wildman–Crippen MR) is 541 cm³/mol. The molecule has 0 aliphatic carbocycles. The van der Waals surface area contributed by atoms with E-state index >= 15 is 0 Å². The van der Waals surface area contributed by atoms with Crippen LogP contribution in [0.15, 0.2) is 453 Å². The first-order valence-corrected chi connectivity index (χ1v) is 44.3. The van der Waals surface area contributed by atoms with Gasteiger partial charge in [-0.1, -0.05) is 416 Å². The number of benzene rings is 20. The first-order chi connectivity index (χ1) is 64.3. The van der Waals surface area contributed by atoms with Gasteiger partial charge in [0.25, 0.3) is 0 Å². The molecular formula is C118H74BrClN10. The molecule has 24 rings (SSSR count). The molecule has 10 nitrogen and oxygen atoms in total. The Hall–Kier alpha value is -16.6. The Morgan fingerprint density at radius 2 is 0.362 bits per heavy atom. The minimum absolute atomic E-state index is 0.253. The summed E-state index contributed by atoms with van der Waals surface area (Å²) in [5.41, 5.74) is 18.9. The van der Waals surface area contributed by atoms with Crippen LogP contribution in [-0.2, 0) is 0 Å². The van der Waals surface area contributed by atoms with Crippen molar-refractivity contribution >= 4 is 114 Å². The van der Waals surface area contributed by atoms with Crippen molar-refractivity contribution in [2.24, 2.45) is 0 Å². The van der Waals surface area contributed by atoms with E-state index in [1.165, 1.54) is 54.2 Å². The highest BCUT2D eigenvalue weighted by Gasteiger charge is 2.24. The molecule has 610 valence electrons. The highest BCUT2D eigenvalue weighted by atomic mass is 79.9. The summed E-state index contributed by atoms with van der Waals surface area (Å²) in [7, 11) is 0. The minimum Gasteiger partial charge on any atom is -0.228 e. The zero-order valence-corrected chi connectivity index (χ0v) is 72.3. The maximum absolute atomic E-state index is 6.30. The lowest BCUT2D eigenvalue weighted by Gasteiger charge is -2.16. The van der Waals surface area contributed by atoms with Gasteiger partial charge in [-0.05, 0) is 169 Å². The molecule has 0 N–H and O–H groups in total. The topological polar surface area (TPSA) is 129 Å². The first-order valence-electron chi connectivity index (χ1n) is 43.1. The van der Waals surface area contributed by atoms with Crippen LogP contribution in [0.3, 0.4) is 0 Å². The Bertz CT molecular complexity index is 8330. The second kappa shape index (κ2) is 35.1. The quantitative estimate of drug-likeness (QED) is 0.0813. The average molecular weight is 1750 g/mol. The molecule has 12 heteroatoms. The molecule has 20 aromatic carbocycles. The van der Waals surface area contributed by atoms with Gasteiger partial charge in [0.05, 0.1) is 22.8 Å². The summed E-state index contributed by atoms with van der Waals surface area (Å²) in [4.78, 5) is 49.7. The molecule has 0 spiro atoms. The summed E-state index contributed by atoms with van der Waals surface area (Å²) in [6, 6.07) is 155. The van der Waals surface area contributed by atoms with E-state index in [4.69, 9.17) is 51.5 Å². The molecule has 0 fully saturated rings. The molecule has 0 radical (unpaired) electrons. The fraction of sp³-hybridized carbons (Fsp3) is 0. The number of aromatic nitrogens is 10. The molecule has 0 amide bonds. The van der Waals surface area contributed by atoms with Gasteiger partial charge >= 0.3 is 0 Å². The van der Waals surface area contributed by atoms with Gasteiger partial charge in [0.15, 0.2) is 40.8 Å². The Kier molecular flexibility index (Phi) is 21.4. The smallest absolute Gasteiger partial charge is 0.223 e. The van der Waals surface area contributed by atoms with Crippen LogP contribution in [-0.4, -0.2) is 49.8 Å².